The van der Waals surface area contributed by atoms with Crippen molar-refractivity contribution < 1.29 is 17.6 Å². The largest absolute Gasteiger partial charge is 0.467 e. The first kappa shape index (κ1) is 24.5. The Hall–Kier alpha value is -3.16. The van der Waals surface area contributed by atoms with E-state index in [1.165, 1.54) is 9.71 Å². The quantitative estimate of drug-likeness (QED) is 0.408. The first-order chi connectivity index (χ1) is 15.8. The molecule has 174 valence electrons. The maximum absolute atomic E-state index is 13.3. The van der Waals surface area contributed by atoms with Crippen LogP contribution in [0.15, 0.2) is 88.9 Å². The van der Waals surface area contributed by atoms with Crippen LogP contribution in [0.4, 0.5) is 0 Å². The summed E-state index contributed by atoms with van der Waals surface area (Å²) < 4.78 is 32.9. The van der Waals surface area contributed by atoms with Gasteiger partial charge in [-0.25, -0.2) is 8.42 Å². The Labute approximate surface area is 196 Å². The number of furan rings is 1. The summed E-state index contributed by atoms with van der Waals surface area (Å²) in [5.41, 5.74) is 1.74. The Balaban J connectivity index is 1.81. The third-order valence-electron chi connectivity index (χ3n) is 4.97. The molecule has 0 radical (unpaired) electrons. The minimum Gasteiger partial charge on any atom is -0.467 e. The molecule has 0 aliphatic carbocycles. The van der Waals surface area contributed by atoms with E-state index in [-0.39, 0.29) is 31.5 Å². The zero-order chi connectivity index (χ0) is 23.7. The van der Waals surface area contributed by atoms with Crippen molar-refractivity contribution in [1.82, 2.24) is 9.21 Å². The average Bonchev–Trinajstić information content (AvgIpc) is 3.31. The molecule has 0 N–H and O–H groups in total. The first-order valence-electron chi connectivity index (χ1n) is 10.9. The SMILES string of the molecule is CC(C)CN(CC(=O)N(Cc1ccccc1)Cc1ccco1)S(=O)(=O)C=Cc1ccccc1. The summed E-state index contributed by atoms with van der Waals surface area (Å²) in [6.07, 6.45) is 3.11. The summed E-state index contributed by atoms with van der Waals surface area (Å²) >= 11 is 0. The highest BCUT2D eigenvalue weighted by molar-refractivity contribution is 7.92. The molecule has 3 rings (SSSR count). The number of hydrogen-bond donors (Lipinski definition) is 0. The van der Waals surface area contributed by atoms with E-state index in [1.54, 1.807) is 29.4 Å². The number of benzene rings is 2. The molecule has 0 fully saturated rings. The second-order valence-corrected chi connectivity index (χ2v) is 10.1. The van der Waals surface area contributed by atoms with Crippen molar-refractivity contribution in [3.05, 3.63) is 101 Å². The molecular weight excluding hydrogens is 436 g/mol. The second-order valence-electron chi connectivity index (χ2n) is 8.26. The Bertz CT molecular complexity index is 1130. The molecule has 33 heavy (non-hydrogen) atoms. The molecule has 0 saturated heterocycles. The summed E-state index contributed by atoms with van der Waals surface area (Å²) in [6.45, 7) is 4.48. The smallest absolute Gasteiger partial charge is 0.238 e. The van der Waals surface area contributed by atoms with Gasteiger partial charge in [-0.3, -0.25) is 4.79 Å². The van der Waals surface area contributed by atoms with Gasteiger partial charge in [0.1, 0.15) is 5.76 Å². The van der Waals surface area contributed by atoms with Crippen molar-refractivity contribution >= 4 is 22.0 Å². The van der Waals surface area contributed by atoms with E-state index in [2.05, 4.69) is 0 Å². The van der Waals surface area contributed by atoms with E-state index in [4.69, 9.17) is 4.42 Å². The van der Waals surface area contributed by atoms with E-state index in [0.717, 1.165) is 11.1 Å². The predicted molar refractivity (Wildman–Crippen MR) is 130 cm³/mol. The number of hydrogen-bond acceptors (Lipinski definition) is 4. The lowest BCUT2D eigenvalue weighted by Gasteiger charge is -2.27. The summed E-state index contributed by atoms with van der Waals surface area (Å²) in [6, 6.07) is 22.4. The Kier molecular flexibility index (Phi) is 8.63. The topological polar surface area (TPSA) is 70.8 Å². The number of carbonyl (C=O) groups excluding carboxylic acids is 1. The van der Waals surface area contributed by atoms with Crippen LogP contribution in [0.2, 0.25) is 0 Å². The standard InChI is InChI=1S/C26H30N2O4S/c1-22(2)18-28(33(30,31)17-15-23-10-5-3-6-11-23)21-26(29)27(20-25-14-9-16-32-25)19-24-12-7-4-8-13-24/h3-17,22H,18-21H2,1-2H3. The van der Waals surface area contributed by atoms with Crippen LogP contribution >= 0.6 is 0 Å². The molecule has 0 aliphatic rings. The number of sulfonamides is 1. The van der Waals surface area contributed by atoms with Gasteiger partial charge in [-0.05, 0) is 35.3 Å². The lowest BCUT2D eigenvalue weighted by atomic mass is 10.2. The predicted octanol–water partition coefficient (Wildman–Crippen LogP) is 4.77. The van der Waals surface area contributed by atoms with Crippen LogP contribution in [-0.4, -0.2) is 36.6 Å². The Morgan fingerprint density at radius 1 is 0.939 bits per heavy atom. The van der Waals surface area contributed by atoms with Crippen molar-refractivity contribution in [3.63, 3.8) is 0 Å². The molecule has 0 atom stereocenters. The molecular formula is C26H30N2O4S. The van der Waals surface area contributed by atoms with Gasteiger partial charge < -0.3 is 9.32 Å². The van der Waals surface area contributed by atoms with Crippen molar-refractivity contribution in [2.24, 2.45) is 5.92 Å². The van der Waals surface area contributed by atoms with Gasteiger partial charge in [0.25, 0.3) is 0 Å². The fourth-order valence-electron chi connectivity index (χ4n) is 3.36. The lowest BCUT2D eigenvalue weighted by molar-refractivity contribution is -0.133. The molecule has 2 aromatic carbocycles. The van der Waals surface area contributed by atoms with Gasteiger partial charge in [0.2, 0.25) is 15.9 Å². The van der Waals surface area contributed by atoms with E-state index in [0.29, 0.717) is 12.3 Å². The van der Waals surface area contributed by atoms with Gasteiger partial charge in [0.05, 0.1) is 19.4 Å². The number of carbonyl (C=O) groups is 1. The van der Waals surface area contributed by atoms with E-state index in [9.17, 15) is 13.2 Å². The molecule has 0 spiro atoms. The first-order valence-corrected chi connectivity index (χ1v) is 12.4. The van der Waals surface area contributed by atoms with Crippen LogP contribution in [0.1, 0.15) is 30.7 Å². The maximum Gasteiger partial charge on any atom is 0.238 e. The van der Waals surface area contributed by atoms with Gasteiger partial charge in [-0.1, -0.05) is 74.5 Å². The van der Waals surface area contributed by atoms with Crippen LogP contribution in [0.3, 0.4) is 0 Å². The molecule has 1 amide bonds. The summed E-state index contributed by atoms with van der Waals surface area (Å²) in [4.78, 5) is 15.0. The normalized spacial score (nSPS) is 12.0. The van der Waals surface area contributed by atoms with Gasteiger partial charge in [0, 0.05) is 18.5 Å². The van der Waals surface area contributed by atoms with Crippen LogP contribution in [0.25, 0.3) is 6.08 Å². The number of amides is 1. The third kappa shape index (κ3) is 7.73. The molecule has 1 heterocycles. The van der Waals surface area contributed by atoms with Gasteiger partial charge in [-0.2, -0.15) is 4.31 Å². The van der Waals surface area contributed by atoms with Crippen molar-refractivity contribution in [1.29, 1.82) is 0 Å². The van der Waals surface area contributed by atoms with Gasteiger partial charge >= 0.3 is 0 Å². The van der Waals surface area contributed by atoms with Crippen LogP contribution in [-0.2, 0) is 27.9 Å². The van der Waals surface area contributed by atoms with Gasteiger partial charge in [0.15, 0.2) is 0 Å². The van der Waals surface area contributed by atoms with E-state index in [1.807, 2.05) is 74.5 Å². The fraction of sp³-hybridized carbons (Fsp3) is 0.269. The molecule has 0 aliphatic heterocycles. The Morgan fingerprint density at radius 3 is 2.21 bits per heavy atom. The van der Waals surface area contributed by atoms with Crippen molar-refractivity contribution in [3.8, 4) is 0 Å². The van der Waals surface area contributed by atoms with E-state index < -0.39 is 10.0 Å². The second kappa shape index (κ2) is 11.6. The highest BCUT2D eigenvalue weighted by Crippen LogP contribution is 2.15. The molecule has 0 unspecified atom stereocenters. The van der Waals surface area contributed by atoms with Crippen LogP contribution in [0.5, 0.6) is 0 Å². The summed E-state index contributed by atoms with van der Waals surface area (Å²) in [5, 5.41) is 1.17. The minimum atomic E-state index is -3.80. The van der Waals surface area contributed by atoms with Crippen molar-refractivity contribution in [2.75, 3.05) is 13.1 Å². The average molecular weight is 467 g/mol. The highest BCUT2D eigenvalue weighted by atomic mass is 32.2. The minimum absolute atomic E-state index is 0.0605. The number of nitrogens with zero attached hydrogens (tertiary/aromatic N) is 2. The van der Waals surface area contributed by atoms with E-state index >= 15 is 0 Å². The van der Waals surface area contributed by atoms with Gasteiger partial charge in [-0.15, -0.1) is 0 Å². The Morgan fingerprint density at radius 2 is 1.61 bits per heavy atom. The zero-order valence-corrected chi connectivity index (χ0v) is 19.8. The molecule has 0 bridgehead atoms. The zero-order valence-electron chi connectivity index (χ0n) is 19.0. The summed E-state index contributed by atoms with van der Waals surface area (Å²) in [7, 11) is -3.80. The number of rotatable bonds is 11. The third-order valence-corrected chi connectivity index (χ3v) is 6.45. The lowest BCUT2D eigenvalue weighted by Crippen LogP contribution is -2.43. The van der Waals surface area contributed by atoms with Crippen molar-refractivity contribution in [2.45, 2.75) is 26.9 Å². The van der Waals surface area contributed by atoms with Crippen LogP contribution < -0.4 is 0 Å². The van der Waals surface area contributed by atoms with Crippen LogP contribution in [0, 0.1) is 5.92 Å². The summed E-state index contributed by atoms with van der Waals surface area (Å²) in [5.74, 6) is 0.416. The molecule has 7 heteroatoms. The molecule has 3 aromatic rings. The highest BCUT2D eigenvalue weighted by Gasteiger charge is 2.26. The molecule has 0 saturated carbocycles. The molecule has 1 aromatic heterocycles. The fourth-order valence-corrected chi connectivity index (χ4v) is 4.66. The molecule has 6 nitrogen and oxygen atoms in total. The monoisotopic (exact) mass is 466 g/mol. The maximum atomic E-state index is 13.3.